The van der Waals surface area contributed by atoms with Gasteiger partial charge in [-0.05, 0) is 64.3 Å². The summed E-state index contributed by atoms with van der Waals surface area (Å²) in [6.07, 6.45) is 2.67. The van der Waals surface area contributed by atoms with Crippen LogP contribution in [0.4, 0.5) is 11.4 Å². The molecular formula is C17H27N3O. The maximum atomic E-state index is 12.2. The average molecular weight is 289 g/mol. The summed E-state index contributed by atoms with van der Waals surface area (Å²) >= 11 is 0. The van der Waals surface area contributed by atoms with Crippen molar-refractivity contribution in [2.45, 2.75) is 52.1 Å². The number of nitrogens with two attached hydrogens (primary N) is 1. The van der Waals surface area contributed by atoms with Gasteiger partial charge in [-0.25, -0.2) is 0 Å². The Labute approximate surface area is 127 Å². The number of anilines is 2. The molecule has 1 saturated carbocycles. The van der Waals surface area contributed by atoms with E-state index in [9.17, 15) is 4.79 Å². The number of nitrogens with zero attached hydrogens (tertiary/aromatic N) is 1. The number of hydrogen-bond donors (Lipinski definition) is 2. The highest BCUT2D eigenvalue weighted by Crippen LogP contribution is 2.26. The molecule has 1 fully saturated rings. The van der Waals surface area contributed by atoms with Crippen LogP contribution in [0.1, 0.15) is 40.0 Å². The molecule has 0 radical (unpaired) electrons. The summed E-state index contributed by atoms with van der Waals surface area (Å²) in [7, 11) is 0. The van der Waals surface area contributed by atoms with E-state index < -0.39 is 0 Å². The second kappa shape index (κ2) is 6.94. The van der Waals surface area contributed by atoms with Gasteiger partial charge in [-0.3, -0.25) is 4.79 Å². The minimum absolute atomic E-state index is 0.0717. The minimum Gasteiger partial charge on any atom is -0.369 e. The summed E-state index contributed by atoms with van der Waals surface area (Å²) < 4.78 is 0. The van der Waals surface area contributed by atoms with E-state index in [-0.39, 0.29) is 17.9 Å². The highest BCUT2D eigenvalue weighted by atomic mass is 16.1. The van der Waals surface area contributed by atoms with Crippen molar-refractivity contribution >= 4 is 17.3 Å². The molecular weight excluding hydrogens is 262 g/mol. The first-order valence-electron chi connectivity index (χ1n) is 7.94. The Morgan fingerprint density at radius 1 is 1.33 bits per heavy atom. The Hall–Kier alpha value is -1.55. The Kier molecular flexibility index (Phi) is 5.23. The van der Waals surface area contributed by atoms with Crippen molar-refractivity contribution in [1.82, 2.24) is 0 Å². The summed E-state index contributed by atoms with van der Waals surface area (Å²) in [5.74, 6) is 0.175. The summed E-state index contributed by atoms with van der Waals surface area (Å²) in [6.45, 7) is 7.49. The minimum atomic E-state index is 0.0717. The van der Waals surface area contributed by atoms with Crippen LogP contribution in [0.3, 0.4) is 0 Å². The van der Waals surface area contributed by atoms with Crippen LogP contribution in [-0.2, 0) is 4.79 Å². The van der Waals surface area contributed by atoms with Crippen molar-refractivity contribution in [1.29, 1.82) is 0 Å². The standard InChI is InChI=1S/C17H27N3O/c1-4-20(12(2)3)16-9-7-15(8-10-16)19-17(21)13-5-6-14(18)11-13/h7-10,12-14H,4-6,11,18H2,1-3H3,(H,19,21). The first-order valence-corrected chi connectivity index (χ1v) is 7.94. The van der Waals surface area contributed by atoms with E-state index in [0.717, 1.165) is 31.5 Å². The smallest absolute Gasteiger partial charge is 0.227 e. The lowest BCUT2D eigenvalue weighted by molar-refractivity contribution is -0.119. The van der Waals surface area contributed by atoms with Gasteiger partial charge in [-0.15, -0.1) is 0 Å². The molecule has 3 N–H and O–H groups in total. The fourth-order valence-electron chi connectivity index (χ4n) is 3.08. The van der Waals surface area contributed by atoms with Gasteiger partial charge in [0.25, 0.3) is 0 Å². The lowest BCUT2D eigenvalue weighted by atomic mass is 10.1. The quantitative estimate of drug-likeness (QED) is 0.876. The van der Waals surface area contributed by atoms with Gasteiger partial charge in [-0.1, -0.05) is 0 Å². The summed E-state index contributed by atoms with van der Waals surface area (Å²) in [6, 6.07) is 8.75. The summed E-state index contributed by atoms with van der Waals surface area (Å²) in [4.78, 5) is 14.5. The molecule has 1 aromatic rings. The average Bonchev–Trinajstić information content (AvgIpc) is 2.88. The second-order valence-electron chi connectivity index (χ2n) is 6.19. The third-order valence-electron chi connectivity index (χ3n) is 4.27. The zero-order valence-electron chi connectivity index (χ0n) is 13.3. The molecule has 116 valence electrons. The fourth-order valence-corrected chi connectivity index (χ4v) is 3.08. The topological polar surface area (TPSA) is 58.4 Å². The van der Waals surface area contributed by atoms with E-state index in [2.05, 4.69) is 43.1 Å². The molecule has 2 atom stereocenters. The van der Waals surface area contributed by atoms with Crippen molar-refractivity contribution in [3.63, 3.8) is 0 Å². The largest absolute Gasteiger partial charge is 0.369 e. The molecule has 0 saturated heterocycles. The molecule has 0 aromatic heterocycles. The second-order valence-corrected chi connectivity index (χ2v) is 6.19. The third-order valence-corrected chi connectivity index (χ3v) is 4.27. The molecule has 4 heteroatoms. The van der Waals surface area contributed by atoms with E-state index >= 15 is 0 Å². The van der Waals surface area contributed by atoms with Crippen LogP contribution in [0.25, 0.3) is 0 Å². The molecule has 1 aliphatic carbocycles. The van der Waals surface area contributed by atoms with Crippen molar-refractivity contribution in [3.8, 4) is 0 Å². The van der Waals surface area contributed by atoms with Crippen molar-refractivity contribution in [2.75, 3.05) is 16.8 Å². The molecule has 1 amide bonds. The monoisotopic (exact) mass is 289 g/mol. The molecule has 4 nitrogen and oxygen atoms in total. The zero-order valence-corrected chi connectivity index (χ0v) is 13.3. The van der Waals surface area contributed by atoms with Crippen LogP contribution in [-0.4, -0.2) is 24.5 Å². The van der Waals surface area contributed by atoms with Crippen LogP contribution < -0.4 is 16.0 Å². The number of amides is 1. The van der Waals surface area contributed by atoms with E-state index in [0.29, 0.717) is 6.04 Å². The van der Waals surface area contributed by atoms with E-state index in [1.165, 1.54) is 5.69 Å². The van der Waals surface area contributed by atoms with Gasteiger partial charge >= 0.3 is 0 Å². The van der Waals surface area contributed by atoms with Gasteiger partial charge in [0.1, 0.15) is 0 Å². The first-order chi connectivity index (χ1) is 10.0. The molecule has 2 unspecified atom stereocenters. The van der Waals surface area contributed by atoms with Gasteiger partial charge in [-0.2, -0.15) is 0 Å². The van der Waals surface area contributed by atoms with Crippen molar-refractivity contribution < 1.29 is 4.79 Å². The first kappa shape index (κ1) is 15.8. The maximum absolute atomic E-state index is 12.2. The highest BCUT2D eigenvalue weighted by molar-refractivity contribution is 5.92. The Morgan fingerprint density at radius 2 is 2.00 bits per heavy atom. The maximum Gasteiger partial charge on any atom is 0.227 e. The third kappa shape index (κ3) is 3.97. The highest BCUT2D eigenvalue weighted by Gasteiger charge is 2.27. The van der Waals surface area contributed by atoms with E-state index in [4.69, 9.17) is 5.73 Å². The lowest BCUT2D eigenvalue weighted by Crippen LogP contribution is -2.30. The Balaban J connectivity index is 1.97. The number of benzene rings is 1. The van der Waals surface area contributed by atoms with Crippen molar-refractivity contribution in [2.24, 2.45) is 11.7 Å². The molecule has 21 heavy (non-hydrogen) atoms. The van der Waals surface area contributed by atoms with Gasteiger partial charge in [0.05, 0.1) is 0 Å². The van der Waals surface area contributed by atoms with Crippen LogP contribution >= 0.6 is 0 Å². The number of carbonyl (C=O) groups is 1. The number of nitrogens with one attached hydrogen (secondary N) is 1. The van der Waals surface area contributed by atoms with Crippen LogP contribution in [0, 0.1) is 5.92 Å². The van der Waals surface area contributed by atoms with Crippen molar-refractivity contribution in [3.05, 3.63) is 24.3 Å². The van der Waals surface area contributed by atoms with Crippen LogP contribution in [0.5, 0.6) is 0 Å². The molecule has 0 spiro atoms. The number of rotatable bonds is 5. The van der Waals surface area contributed by atoms with Crippen LogP contribution in [0.15, 0.2) is 24.3 Å². The molecule has 2 rings (SSSR count). The van der Waals surface area contributed by atoms with Gasteiger partial charge < -0.3 is 16.0 Å². The zero-order chi connectivity index (χ0) is 15.4. The van der Waals surface area contributed by atoms with Crippen LogP contribution in [0.2, 0.25) is 0 Å². The Morgan fingerprint density at radius 3 is 2.48 bits per heavy atom. The summed E-state index contributed by atoms with van der Waals surface area (Å²) in [5, 5.41) is 3.00. The van der Waals surface area contributed by atoms with E-state index in [1.807, 2.05) is 12.1 Å². The number of carbonyl (C=O) groups excluding carboxylic acids is 1. The molecule has 0 aliphatic heterocycles. The Bertz CT molecular complexity index is 469. The SMILES string of the molecule is CCN(c1ccc(NC(=O)C2CCC(N)C2)cc1)C(C)C. The molecule has 0 bridgehead atoms. The number of hydrogen-bond acceptors (Lipinski definition) is 3. The predicted octanol–water partition coefficient (Wildman–Crippen LogP) is 2.99. The van der Waals surface area contributed by atoms with E-state index in [1.54, 1.807) is 0 Å². The van der Waals surface area contributed by atoms with Gasteiger partial charge in [0.15, 0.2) is 0 Å². The van der Waals surface area contributed by atoms with Gasteiger partial charge in [0.2, 0.25) is 5.91 Å². The fraction of sp³-hybridized carbons (Fsp3) is 0.588. The molecule has 1 aromatic carbocycles. The summed E-state index contributed by atoms with van der Waals surface area (Å²) in [5.41, 5.74) is 7.92. The van der Waals surface area contributed by atoms with Gasteiger partial charge in [0, 0.05) is 35.9 Å². The molecule has 0 heterocycles. The lowest BCUT2D eigenvalue weighted by Gasteiger charge is -2.27. The predicted molar refractivity (Wildman–Crippen MR) is 88.5 cm³/mol. The molecule has 1 aliphatic rings. The normalized spacial score (nSPS) is 21.6.